The Hall–Kier alpha value is -1.52. The molecule has 1 aromatic rings. The van der Waals surface area contributed by atoms with Crippen LogP contribution in [0, 0.1) is 10.1 Å². The number of hydrogen-bond donors (Lipinski definition) is 1. The van der Waals surface area contributed by atoms with Crippen molar-refractivity contribution in [1.29, 1.82) is 0 Å². The molecule has 1 aliphatic rings. The van der Waals surface area contributed by atoms with Gasteiger partial charge in [0, 0.05) is 23.2 Å². The number of benzene rings is 1. The molecule has 1 fully saturated rings. The summed E-state index contributed by atoms with van der Waals surface area (Å²) in [6.07, 6.45) is 1.47. The largest absolute Gasteiger partial charge is 0.480 e. The highest BCUT2D eigenvalue weighted by atomic mass is 79.9. The summed E-state index contributed by atoms with van der Waals surface area (Å²) in [4.78, 5) is 21.2. The molecule has 22 heavy (non-hydrogen) atoms. The number of hydrogen-bond acceptors (Lipinski definition) is 5. The third-order valence-electron chi connectivity index (χ3n) is 3.45. The smallest absolute Gasteiger partial charge is 0.322 e. The van der Waals surface area contributed by atoms with Gasteiger partial charge in [-0.2, -0.15) is 4.31 Å². The van der Waals surface area contributed by atoms with Gasteiger partial charge in [0.2, 0.25) is 10.0 Å². The zero-order chi connectivity index (χ0) is 16.5. The number of non-ortho nitro benzene ring substituents is 1. The number of nitro benzene ring substituents is 1. The van der Waals surface area contributed by atoms with Gasteiger partial charge in [-0.3, -0.25) is 14.9 Å². The summed E-state index contributed by atoms with van der Waals surface area (Å²) in [5.41, 5.74) is -0.251. The van der Waals surface area contributed by atoms with E-state index in [9.17, 15) is 28.4 Å². The monoisotopic (exact) mass is 392 g/mol. The lowest BCUT2D eigenvalue weighted by Gasteiger charge is -2.32. The summed E-state index contributed by atoms with van der Waals surface area (Å²) in [7, 11) is -4.05. The van der Waals surface area contributed by atoms with Gasteiger partial charge in [-0.15, -0.1) is 0 Å². The van der Waals surface area contributed by atoms with Gasteiger partial charge in [-0.25, -0.2) is 8.42 Å². The van der Waals surface area contributed by atoms with Crippen LogP contribution >= 0.6 is 15.9 Å². The van der Waals surface area contributed by atoms with Crippen molar-refractivity contribution in [2.45, 2.75) is 30.2 Å². The fourth-order valence-corrected chi connectivity index (χ4v) is 5.06. The molecule has 0 aliphatic carbocycles. The molecule has 10 heteroatoms. The molecule has 0 spiro atoms. The number of carboxylic acid groups (broad SMARTS) is 1. The molecule has 1 N–H and O–H groups in total. The quantitative estimate of drug-likeness (QED) is 0.618. The van der Waals surface area contributed by atoms with Crippen LogP contribution in [0.2, 0.25) is 0 Å². The Morgan fingerprint density at radius 1 is 1.41 bits per heavy atom. The van der Waals surface area contributed by atoms with Gasteiger partial charge < -0.3 is 5.11 Å². The molecule has 1 saturated heterocycles. The van der Waals surface area contributed by atoms with E-state index >= 15 is 0 Å². The molecule has 1 unspecified atom stereocenters. The second-order valence-corrected chi connectivity index (χ2v) is 7.55. The lowest BCUT2D eigenvalue weighted by Crippen LogP contribution is -2.47. The first-order valence-electron chi connectivity index (χ1n) is 6.43. The number of piperidine rings is 1. The minimum atomic E-state index is -4.05. The lowest BCUT2D eigenvalue weighted by molar-refractivity contribution is -0.385. The van der Waals surface area contributed by atoms with E-state index in [1.54, 1.807) is 0 Å². The van der Waals surface area contributed by atoms with Crippen LogP contribution in [0.3, 0.4) is 0 Å². The van der Waals surface area contributed by atoms with Gasteiger partial charge in [-0.05, 0) is 41.3 Å². The first-order valence-corrected chi connectivity index (χ1v) is 8.67. The van der Waals surface area contributed by atoms with Crippen LogP contribution < -0.4 is 0 Å². The number of aliphatic carboxylic acids is 1. The predicted octanol–water partition coefficient (Wildman–Crippen LogP) is 1.99. The van der Waals surface area contributed by atoms with E-state index in [1.165, 1.54) is 0 Å². The minimum Gasteiger partial charge on any atom is -0.480 e. The van der Waals surface area contributed by atoms with Crippen LogP contribution in [-0.4, -0.2) is 41.3 Å². The van der Waals surface area contributed by atoms with E-state index in [0.29, 0.717) is 12.8 Å². The average molecular weight is 393 g/mol. The van der Waals surface area contributed by atoms with Crippen LogP contribution in [0.25, 0.3) is 0 Å². The van der Waals surface area contributed by atoms with Crippen molar-refractivity contribution in [2.24, 2.45) is 0 Å². The minimum absolute atomic E-state index is 0.0383. The van der Waals surface area contributed by atoms with Gasteiger partial charge in [0.15, 0.2) is 0 Å². The van der Waals surface area contributed by atoms with Gasteiger partial charge in [0.1, 0.15) is 6.04 Å². The second kappa shape index (κ2) is 6.31. The highest BCUT2D eigenvalue weighted by Gasteiger charge is 2.38. The molecule has 0 amide bonds. The van der Waals surface area contributed by atoms with E-state index in [1.807, 2.05) is 0 Å². The van der Waals surface area contributed by atoms with Crippen molar-refractivity contribution in [3.63, 3.8) is 0 Å². The Bertz CT molecular complexity index is 720. The Morgan fingerprint density at radius 3 is 2.64 bits per heavy atom. The predicted molar refractivity (Wildman–Crippen MR) is 80.0 cm³/mol. The van der Waals surface area contributed by atoms with E-state index in [4.69, 9.17) is 0 Å². The number of halogens is 1. The van der Waals surface area contributed by atoms with E-state index in [-0.39, 0.29) is 28.0 Å². The van der Waals surface area contributed by atoms with Crippen LogP contribution in [0.1, 0.15) is 19.3 Å². The molecule has 0 bridgehead atoms. The molecule has 1 atom stereocenters. The standard InChI is InChI=1S/C12H13BrN2O6S/c13-9-7-8(15(18)19)4-5-11(9)22(20,21)14-6-2-1-3-10(14)12(16)17/h4-5,7,10H,1-3,6H2,(H,16,17). The summed E-state index contributed by atoms with van der Waals surface area (Å²) in [6.45, 7) is 0.114. The van der Waals surface area contributed by atoms with Crippen molar-refractivity contribution in [3.05, 3.63) is 32.8 Å². The third kappa shape index (κ3) is 3.13. The number of rotatable bonds is 4. The molecule has 0 aromatic heterocycles. The fourth-order valence-electron chi connectivity index (χ4n) is 2.38. The molecule has 1 heterocycles. The summed E-state index contributed by atoms with van der Waals surface area (Å²) in [6, 6.07) is 2.18. The number of carbonyl (C=O) groups is 1. The maximum atomic E-state index is 12.7. The summed E-state index contributed by atoms with van der Waals surface area (Å²) in [5.74, 6) is -1.19. The van der Waals surface area contributed by atoms with Gasteiger partial charge >= 0.3 is 5.97 Å². The summed E-state index contributed by atoms with van der Waals surface area (Å²) in [5, 5.41) is 19.9. The Labute approximate surface area is 135 Å². The molecule has 8 nitrogen and oxygen atoms in total. The lowest BCUT2D eigenvalue weighted by atomic mass is 10.1. The number of nitro groups is 1. The Kier molecular flexibility index (Phi) is 4.83. The maximum Gasteiger partial charge on any atom is 0.322 e. The van der Waals surface area contributed by atoms with Crippen LogP contribution in [0.5, 0.6) is 0 Å². The number of carboxylic acids is 1. The SMILES string of the molecule is O=C(O)C1CCCCN1S(=O)(=O)c1ccc([N+](=O)[O-])cc1Br. The number of nitrogens with zero attached hydrogens (tertiary/aromatic N) is 2. The summed E-state index contributed by atoms with van der Waals surface area (Å²) < 4.78 is 26.3. The fraction of sp³-hybridized carbons (Fsp3) is 0.417. The van der Waals surface area contributed by atoms with E-state index < -0.39 is 27.0 Å². The zero-order valence-electron chi connectivity index (χ0n) is 11.3. The van der Waals surface area contributed by atoms with E-state index in [2.05, 4.69) is 15.9 Å². The molecule has 1 aromatic carbocycles. The zero-order valence-corrected chi connectivity index (χ0v) is 13.7. The molecule has 0 radical (unpaired) electrons. The van der Waals surface area contributed by atoms with Crippen molar-refractivity contribution in [1.82, 2.24) is 4.31 Å². The average Bonchev–Trinajstić information content (AvgIpc) is 2.46. The molecule has 2 rings (SSSR count). The third-order valence-corrected chi connectivity index (χ3v) is 6.34. The normalized spacial score (nSPS) is 19.8. The van der Waals surface area contributed by atoms with Crippen LogP contribution in [-0.2, 0) is 14.8 Å². The van der Waals surface area contributed by atoms with Crippen molar-refractivity contribution < 1.29 is 23.2 Å². The van der Waals surface area contributed by atoms with Gasteiger partial charge in [0.25, 0.3) is 5.69 Å². The molecular weight excluding hydrogens is 380 g/mol. The van der Waals surface area contributed by atoms with E-state index in [0.717, 1.165) is 22.5 Å². The van der Waals surface area contributed by atoms with Gasteiger partial charge in [-0.1, -0.05) is 0 Å². The molecule has 1 aliphatic heterocycles. The molecular formula is C12H13BrN2O6S. The highest BCUT2D eigenvalue weighted by Crippen LogP contribution is 2.32. The molecule has 120 valence electrons. The Morgan fingerprint density at radius 2 is 2.09 bits per heavy atom. The summed E-state index contributed by atoms with van der Waals surface area (Å²) >= 11 is 3.02. The Balaban J connectivity index is 2.45. The first kappa shape index (κ1) is 16.8. The second-order valence-electron chi connectivity index (χ2n) is 4.84. The topological polar surface area (TPSA) is 118 Å². The van der Waals surface area contributed by atoms with Gasteiger partial charge in [0.05, 0.1) is 9.82 Å². The highest BCUT2D eigenvalue weighted by molar-refractivity contribution is 9.10. The number of sulfonamides is 1. The van der Waals surface area contributed by atoms with Crippen LogP contribution in [0.15, 0.2) is 27.6 Å². The van der Waals surface area contributed by atoms with Crippen molar-refractivity contribution >= 4 is 37.6 Å². The maximum absolute atomic E-state index is 12.7. The van der Waals surface area contributed by atoms with Crippen LogP contribution in [0.4, 0.5) is 5.69 Å². The first-order chi connectivity index (χ1) is 10.2. The van der Waals surface area contributed by atoms with Crippen molar-refractivity contribution in [3.8, 4) is 0 Å². The van der Waals surface area contributed by atoms with Crippen molar-refractivity contribution in [2.75, 3.05) is 6.54 Å². The molecule has 0 saturated carbocycles.